The van der Waals surface area contributed by atoms with Gasteiger partial charge in [-0.05, 0) is 39.0 Å². The molecule has 146 valence electrons. The zero-order valence-corrected chi connectivity index (χ0v) is 17.1. The first-order valence-electron chi connectivity index (χ1n) is 9.30. The van der Waals surface area contributed by atoms with E-state index in [2.05, 4.69) is 21.7 Å². The molecule has 0 unspecified atom stereocenters. The number of aromatic nitrogens is 2. The van der Waals surface area contributed by atoms with Crippen molar-refractivity contribution in [2.45, 2.75) is 33.7 Å². The van der Waals surface area contributed by atoms with Crippen LogP contribution >= 0.6 is 11.3 Å². The molecule has 7 heteroatoms. The third-order valence-corrected chi connectivity index (χ3v) is 5.58. The van der Waals surface area contributed by atoms with Crippen molar-refractivity contribution < 1.29 is 14.3 Å². The smallest absolute Gasteiger partial charge is 0.244 e. The predicted octanol–water partition coefficient (Wildman–Crippen LogP) is 4.34. The van der Waals surface area contributed by atoms with Gasteiger partial charge in [0.15, 0.2) is 11.5 Å². The monoisotopic (exact) mass is 397 g/mol. The lowest BCUT2D eigenvalue weighted by Crippen LogP contribution is -2.20. The van der Waals surface area contributed by atoms with E-state index in [0.29, 0.717) is 24.7 Å². The third-order valence-electron chi connectivity index (χ3n) is 4.80. The van der Waals surface area contributed by atoms with E-state index in [1.807, 2.05) is 43.5 Å². The van der Waals surface area contributed by atoms with E-state index in [0.717, 1.165) is 39.8 Å². The van der Waals surface area contributed by atoms with Gasteiger partial charge in [-0.15, -0.1) is 11.3 Å². The van der Waals surface area contributed by atoms with Crippen LogP contribution < -0.4 is 14.8 Å². The number of nitrogens with one attached hydrogen (secondary N) is 1. The van der Waals surface area contributed by atoms with Crippen LogP contribution in [0.1, 0.15) is 22.8 Å². The van der Waals surface area contributed by atoms with E-state index in [1.165, 1.54) is 0 Å². The summed E-state index contributed by atoms with van der Waals surface area (Å²) in [5.74, 6) is 1.30. The number of thiazole rings is 1. The highest BCUT2D eigenvalue weighted by Gasteiger charge is 2.16. The summed E-state index contributed by atoms with van der Waals surface area (Å²) < 4.78 is 13.3. The Kier molecular flexibility index (Phi) is 5.09. The van der Waals surface area contributed by atoms with Crippen molar-refractivity contribution in [3.05, 3.63) is 46.0 Å². The molecule has 0 bridgehead atoms. The number of carbonyl (C=O) groups excluding carboxylic acids is 1. The van der Waals surface area contributed by atoms with Crippen molar-refractivity contribution in [2.24, 2.45) is 0 Å². The van der Waals surface area contributed by atoms with Gasteiger partial charge in [-0.25, -0.2) is 4.98 Å². The van der Waals surface area contributed by atoms with E-state index in [-0.39, 0.29) is 12.5 Å². The fourth-order valence-corrected chi connectivity index (χ4v) is 3.99. The molecule has 3 heterocycles. The first kappa shape index (κ1) is 18.6. The Balaban J connectivity index is 1.50. The largest absolute Gasteiger partial charge is 0.490 e. The maximum absolute atomic E-state index is 12.7. The van der Waals surface area contributed by atoms with Crippen molar-refractivity contribution >= 4 is 22.9 Å². The molecule has 1 amide bonds. The van der Waals surface area contributed by atoms with Gasteiger partial charge in [0, 0.05) is 40.5 Å². The van der Waals surface area contributed by atoms with Gasteiger partial charge >= 0.3 is 0 Å². The summed E-state index contributed by atoms with van der Waals surface area (Å²) in [6, 6.07) is 7.58. The van der Waals surface area contributed by atoms with Crippen molar-refractivity contribution in [1.29, 1.82) is 0 Å². The van der Waals surface area contributed by atoms with E-state index >= 15 is 0 Å². The topological polar surface area (TPSA) is 65.4 Å². The first-order valence-corrected chi connectivity index (χ1v) is 10.2. The van der Waals surface area contributed by atoms with Crippen LogP contribution in [0.15, 0.2) is 29.6 Å². The molecule has 0 saturated heterocycles. The Morgan fingerprint density at radius 2 is 1.96 bits per heavy atom. The summed E-state index contributed by atoms with van der Waals surface area (Å²) in [7, 11) is 0. The average Bonchev–Trinajstić information content (AvgIpc) is 3.10. The zero-order valence-electron chi connectivity index (χ0n) is 16.2. The summed E-state index contributed by atoms with van der Waals surface area (Å²) in [4.78, 5) is 17.2. The van der Waals surface area contributed by atoms with Crippen LogP contribution in [0.2, 0.25) is 0 Å². The highest BCUT2D eigenvalue weighted by Crippen LogP contribution is 2.32. The number of benzene rings is 1. The Morgan fingerprint density at radius 1 is 1.18 bits per heavy atom. The van der Waals surface area contributed by atoms with Crippen molar-refractivity contribution in [3.63, 3.8) is 0 Å². The SMILES string of the molecule is Cc1nc(-c2cc(C)n(CC(=O)Nc3ccc4c(c3)OCCCO4)c2C)cs1. The van der Waals surface area contributed by atoms with E-state index in [4.69, 9.17) is 9.47 Å². The van der Waals surface area contributed by atoms with Crippen LogP contribution in [0.4, 0.5) is 5.69 Å². The van der Waals surface area contributed by atoms with Gasteiger partial charge in [0.2, 0.25) is 5.91 Å². The molecule has 1 aliphatic heterocycles. The van der Waals surface area contributed by atoms with Gasteiger partial charge in [-0.1, -0.05) is 0 Å². The maximum atomic E-state index is 12.7. The number of amides is 1. The highest BCUT2D eigenvalue weighted by atomic mass is 32.1. The minimum absolute atomic E-state index is 0.0858. The number of anilines is 1. The van der Waals surface area contributed by atoms with Crippen LogP contribution in [-0.2, 0) is 11.3 Å². The third kappa shape index (κ3) is 3.75. The number of rotatable bonds is 4. The van der Waals surface area contributed by atoms with Gasteiger partial charge in [-0.2, -0.15) is 0 Å². The number of hydrogen-bond donors (Lipinski definition) is 1. The standard InChI is InChI=1S/C21H23N3O3S/c1-13-9-17(18-12-28-15(3)22-18)14(2)24(13)11-21(25)23-16-5-6-19-20(10-16)27-8-4-7-26-19/h5-6,9-10,12H,4,7-8,11H2,1-3H3,(H,23,25). The molecule has 6 nitrogen and oxygen atoms in total. The normalized spacial score (nSPS) is 13.2. The van der Waals surface area contributed by atoms with Crippen LogP contribution in [0.3, 0.4) is 0 Å². The molecule has 2 aromatic heterocycles. The van der Waals surface area contributed by atoms with Crippen LogP contribution in [0.5, 0.6) is 11.5 Å². The molecule has 0 aliphatic carbocycles. The second-order valence-electron chi connectivity index (χ2n) is 6.88. The van der Waals surface area contributed by atoms with Gasteiger partial charge in [0.1, 0.15) is 6.54 Å². The highest BCUT2D eigenvalue weighted by molar-refractivity contribution is 7.09. The lowest BCUT2D eigenvalue weighted by atomic mass is 10.2. The molecule has 4 rings (SSSR count). The van der Waals surface area contributed by atoms with Crippen molar-refractivity contribution in [1.82, 2.24) is 9.55 Å². The number of aryl methyl sites for hydroxylation is 2. The lowest BCUT2D eigenvalue weighted by Gasteiger charge is -2.12. The zero-order chi connectivity index (χ0) is 19.7. The molecule has 28 heavy (non-hydrogen) atoms. The maximum Gasteiger partial charge on any atom is 0.244 e. The number of carbonyl (C=O) groups is 1. The second kappa shape index (κ2) is 7.67. The fourth-order valence-electron chi connectivity index (χ4n) is 3.38. The number of nitrogens with zero attached hydrogens (tertiary/aromatic N) is 2. The van der Waals surface area contributed by atoms with Gasteiger partial charge in [0.05, 0.1) is 23.9 Å². The summed E-state index contributed by atoms with van der Waals surface area (Å²) in [5, 5.41) is 6.05. The molecule has 0 spiro atoms. The van der Waals surface area contributed by atoms with Gasteiger partial charge in [0.25, 0.3) is 0 Å². The quantitative estimate of drug-likeness (QED) is 0.711. The molecule has 0 radical (unpaired) electrons. The van der Waals surface area contributed by atoms with Gasteiger partial charge in [-0.3, -0.25) is 4.79 Å². The molecule has 1 aliphatic rings. The van der Waals surface area contributed by atoms with E-state index in [1.54, 1.807) is 11.3 Å². The fraction of sp³-hybridized carbons (Fsp3) is 0.333. The number of fused-ring (bicyclic) bond motifs is 1. The minimum atomic E-state index is -0.0858. The molecule has 0 saturated carbocycles. The van der Waals surface area contributed by atoms with Crippen LogP contribution in [-0.4, -0.2) is 28.7 Å². The summed E-state index contributed by atoms with van der Waals surface area (Å²) >= 11 is 1.63. The summed E-state index contributed by atoms with van der Waals surface area (Å²) in [6.07, 6.45) is 0.851. The Morgan fingerprint density at radius 3 is 2.71 bits per heavy atom. The Labute approximate surface area is 168 Å². The molecule has 1 aromatic carbocycles. The predicted molar refractivity (Wildman–Crippen MR) is 110 cm³/mol. The van der Waals surface area contributed by atoms with Gasteiger partial charge < -0.3 is 19.4 Å². The molecule has 1 N–H and O–H groups in total. The average molecular weight is 398 g/mol. The van der Waals surface area contributed by atoms with Crippen molar-refractivity contribution in [3.8, 4) is 22.8 Å². The Hall–Kier alpha value is -2.80. The molecular formula is C21H23N3O3S. The van der Waals surface area contributed by atoms with Crippen molar-refractivity contribution in [2.75, 3.05) is 18.5 Å². The molecule has 0 fully saturated rings. The second-order valence-corrected chi connectivity index (χ2v) is 7.95. The van der Waals surface area contributed by atoms with Crippen LogP contribution in [0.25, 0.3) is 11.3 Å². The van der Waals surface area contributed by atoms with E-state index < -0.39 is 0 Å². The first-order chi connectivity index (χ1) is 13.5. The lowest BCUT2D eigenvalue weighted by molar-refractivity contribution is -0.116. The minimum Gasteiger partial charge on any atom is -0.490 e. The molecule has 0 atom stereocenters. The van der Waals surface area contributed by atoms with Crippen LogP contribution in [0, 0.1) is 20.8 Å². The van der Waals surface area contributed by atoms with E-state index in [9.17, 15) is 4.79 Å². The number of hydrogen-bond acceptors (Lipinski definition) is 5. The molecule has 3 aromatic rings. The summed E-state index contributed by atoms with van der Waals surface area (Å²) in [5.41, 5.74) is 4.81. The summed E-state index contributed by atoms with van der Waals surface area (Å²) in [6.45, 7) is 7.54. The molecular weight excluding hydrogens is 374 g/mol. The Bertz CT molecular complexity index is 1020. The number of ether oxygens (including phenoxy) is 2.